The van der Waals surface area contributed by atoms with Crippen molar-refractivity contribution in [1.29, 1.82) is 0 Å². The molecule has 1 aromatic rings. The summed E-state index contributed by atoms with van der Waals surface area (Å²) in [6.07, 6.45) is 8.25. The zero-order valence-corrected chi connectivity index (χ0v) is 23.4. The van der Waals surface area contributed by atoms with Crippen LogP contribution < -0.4 is 4.74 Å². The predicted molar refractivity (Wildman–Crippen MR) is 139 cm³/mol. The van der Waals surface area contributed by atoms with Gasteiger partial charge in [-0.15, -0.1) is 0 Å². The SMILES string of the molecule is COc1ccc(C[C@H](C)C=C[C@@H](C)[C@@H](/C=C/[Si](C)(C)C)O[Si](C)(C)C(C)(C)C)cc1. The molecule has 0 amide bonds. The minimum Gasteiger partial charge on any atom is -0.497 e. The molecule has 0 aliphatic carbocycles. The number of methoxy groups -OCH3 is 1. The molecule has 4 heteroatoms. The fourth-order valence-electron chi connectivity index (χ4n) is 2.90. The first-order valence-corrected chi connectivity index (χ1v) is 17.8. The maximum atomic E-state index is 6.84. The van der Waals surface area contributed by atoms with Crippen LogP contribution in [0.2, 0.25) is 37.8 Å². The number of rotatable bonds is 10. The smallest absolute Gasteiger partial charge is 0.192 e. The second kappa shape index (κ2) is 11.0. The number of benzene rings is 1. The molecule has 3 atom stereocenters. The second-order valence-corrected chi connectivity index (χ2v) is 21.2. The predicted octanol–water partition coefficient (Wildman–Crippen LogP) is 7.89. The summed E-state index contributed by atoms with van der Waals surface area (Å²) in [5.41, 5.74) is 3.78. The van der Waals surface area contributed by atoms with E-state index in [4.69, 9.17) is 9.16 Å². The van der Waals surface area contributed by atoms with Gasteiger partial charge in [-0.2, -0.15) is 0 Å². The van der Waals surface area contributed by atoms with Crippen LogP contribution >= 0.6 is 0 Å². The van der Waals surface area contributed by atoms with Gasteiger partial charge in [-0.3, -0.25) is 0 Å². The van der Waals surface area contributed by atoms with Gasteiger partial charge in [-0.1, -0.05) is 90.3 Å². The Balaban J connectivity index is 2.90. The molecule has 0 saturated carbocycles. The summed E-state index contributed by atoms with van der Waals surface area (Å²) in [5, 5.41) is 0.212. The quantitative estimate of drug-likeness (QED) is 0.269. The zero-order chi connectivity index (χ0) is 23.2. The first-order chi connectivity index (χ1) is 13.6. The molecule has 0 aliphatic heterocycles. The van der Waals surface area contributed by atoms with E-state index in [9.17, 15) is 0 Å². The third kappa shape index (κ3) is 9.36. The molecule has 0 N–H and O–H groups in total. The van der Waals surface area contributed by atoms with Crippen molar-refractivity contribution in [3.05, 3.63) is 53.8 Å². The lowest BCUT2D eigenvalue weighted by atomic mass is 9.97. The molecule has 1 rings (SSSR count). The highest BCUT2D eigenvalue weighted by Crippen LogP contribution is 2.38. The maximum Gasteiger partial charge on any atom is 0.192 e. The zero-order valence-electron chi connectivity index (χ0n) is 21.4. The van der Waals surface area contributed by atoms with Gasteiger partial charge in [-0.25, -0.2) is 0 Å². The average molecular weight is 447 g/mol. The Morgan fingerprint density at radius 2 is 1.47 bits per heavy atom. The Morgan fingerprint density at radius 3 is 1.93 bits per heavy atom. The van der Waals surface area contributed by atoms with Gasteiger partial charge >= 0.3 is 0 Å². The van der Waals surface area contributed by atoms with Crippen LogP contribution in [0.15, 0.2) is 48.2 Å². The van der Waals surface area contributed by atoms with E-state index >= 15 is 0 Å². The third-order valence-electron chi connectivity index (χ3n) is 6.00. The Bertz CT molecular complexity index is 691. The fraction of sp³-hybridized carbons (Fsp3) is 0.615. The normalized spacial score (nSPS) is 16.8. The van der Waals surface area contributed by atoms with Crippen LogP contribution in [0.4, 0.5) is 0 Å². The van der Waals surface area contributed by atoms with E-state index in [-0.39, 0.29) is 11.1 Å². The van der Waals surface area contributed by atoms with Crippen LogP contribution in [-0.2, 0) is 10.8 Å². The van der Waals surface area contributed by atoms with Gasteiger partial charge in [0, 0.05) is 5.92 Å². The molecule has 0 radical (unpaired) electrons. The molecule has 0 fully saturated rings. The van der Waals surface area contributed by atoms with E-state index < -0.39 is 16.4 Å². The van der Waals surface area contributed by atoms with Crippen molar-refractivity contribution < 1.29 is 9.16 Å². The molecule has 170 valence electrons. The Kier molecular flexibility index (Phi) is 9.84. The van der Waals surface area contributed by atoms with Crippen molar-refractivity contribution in [2.75, 3.05) is 7.11 Å². The van der Waals surface area contributed by atoms with Crippen molar-refractivity contribution in [3.63, 3.8) is 0 Å². The van der Waals surface area contributed by atoms with E-state index in [1.807, 2.05) is 12.1 Å². The lowest BCUT2D eigenvalue weighted by Crippen LogP contribution is -2.45. The van der Waals surface area contributed by atoms with Gasteiger partial charge in [0.15, 0.2) is 8.32 Å². The fourth-order valence-corrected chi connectivity index (χ4v) is 4.99. The Hall–Kier alpha value is -1.11. The molecule has 30 heavy (non-hydrogen) atoms. The van der Waals surface area contributed by atoms with E-state index in [2.05, 4.69) is 103 Å². The summed E-state index contributed by atoms with van der Waals surface area (Å²) in [7, 11) is -1.40. The van der Waals surface area contributed by atoms with Crippen LogP contribution in [0.1, 0.15) is 40.2 Å². The lowest BCUT2D eigenvalue weighted by Gasteiger charge is -2.40. The van der Waals surface area contributed by atoms with Crippen molar-refractivity contribution in [2.24, 2.45) is 11.8 Å². The van der Waals surface area contributed by atoms with Crippen LogP contribution in [0.5, 0.6) is 5.75 Å². The van der Waals surface area contributed by atoms with Crippen molar-refractivity contribution in [2.45, 2.75) is 84.9 Å². The van der Waals surface area contributed by atoms with Crippen LogP contribution in [-0.4, -0.2) is 29.6 Å². The van der Waals surface area contributed by atoms with Gasteiger partial charge in [-0.05, 0) is 48.2 Å². The highest BCUT2D eigenvalue weighted by atomic mass is 28.4. The first-order valence-electron chi connectivity index (χ1n) is 11.3. The number of ether oxygens (including phenoxy) is 1. The molecule has 0 spiro atoms. The number of hydrogen-bond donors (Lipinski definition) is 0. The highest BCUT2D eigenvalue weighted by Gasteiger charge is 2.39. The van der Waals surface area contributed by atoms with Crippen LogP contribution in [0.3, 0.4) is 0 Å². The molecule has 0 bridgehead atoms. The summed E-state index contributed by atoms with van der Waals surface area (Å²) in [5.74, 6) is 1.75. The van der Waals surface area contributed by atoms with Gasteiger partial charge in [0.1, 0.15) is 5.75 Å². The topological polar surface area (TPSA) is 18.5 Å². The molecule has 0 heterocycles. The molecule has 2 nitrogen and oxygen atoms in total. The summed E-state index contributed by atoms with van der Waals surface area (Å²) >= 11 is 0. The van der Waals surface area contributed by atoms with Gasteiger partial charge < -0.3 is 9.16 Å². The van der Waals surface area contributed by atoms with Crippen LogP contribution in [0.25, 0.3) is 0 Å². The largest absolute Gasteiger partial charge is 0.497 e. The standard InChI is InChI=1S/C26H46O2Si2/c1-21(20-23-14-16-24(27-6)17-15-23)12-13-22(2)25(18-19-29(7,8)9)28-30(10,11)26(3,4)5/h12-19,21-22,25H,20H2,1-11H3/b13-12?,19-18+/t21-,22-,25-/m1/s1. The number of allylic oxidation sites excluding steroid dienone is 1. The van der Waals surface area contributed by atoms with E-state index in [1.54, 1.807) is 7.11 Å². The van der Waals surface area contributed by atoms with Crippen molar-refractivity contribution in [3.8, 4) is 5.75 Å². The van der Waals surface area contributed by atoms with Gasteiger partial charge in [0.05, 0.1) is 21.3 Å². The molecule has 0 aromatic heterocycles. The lowest BCUT2D eigenvalue weighted by molar-refractivity contribution is 0.190. The average Bonchev–Trinajstić information content (AvgIpc) is 2.62. The highest BCUT2D eigenvalue weighted by molar-refractivity contribution is 6.81. The summed E-state index contributed by atoms with van der Waals surface area (Å²) in [6.45, 7) is 23.4. The van der Waals surface area contributed by atoms with E-state index in [0.29, 0.717) is 11.8 Å². The van der Waals surface area contributed by atoms with E-state index in [1.165, 1.54) is 5.56 Å². The Labute approximate surface area is 188 Å². The minimum atomic E-state index is -1.83. The Morgan fingerprint density at radius 1 is 0.900 bits per heavy atom. The van der Waals surface area contributed by atoms with Gasteiger partial charge in [0.25, 0.3) is 0 Å². The van der Waals surface area contributed by atoms with Crippen molar-refractivity contribution >= 4 is 16.4 Å². The monoisotopic (exact) mass is 446 g/mol. The third-order valence-corrected chi connectivity index (χ3v) is 11.7. The summed E-state index contributed by atoms with van der Waals surface area (Å²) in [4.78, 5) is 0. The second-order valence-electron chi connectivity index (χ2n) is 11.3. The molecule has 0 unspecified atom stereocenters. The molecular formula is C26H46O2Si2. The van der Waals surface area contributed by atoms with Crippen LogP contribution in [0, 0.1) is 11.8 Å². The summed E-state index contributed by atoms with van der Waals surface area (Å²) in [6, 6.07) is 8.40. The van der Waals surface area contributed by atoms with E-state index in [0.717, 1.165) is 12.2 Å². The summed E-state index contributed by atoms with van der Waals surface area (Å²) < 4.78 is 12.1. The van der Waals surface area contributed by atoms with Gasteiger partial charge in [0.2, 0.25) is 0 Å². The maximum absolute atomic E-state index is 6.84. The molecule has 0 aliphatic rings. The molecule has 0 saturated heterocycles. The molecule has 1 aromatic carbocycles. The number of hydrogen-bond acceptors (Lipinski definition) is 2. The minimum absolute atomic E-state index is 0.141. The molecular weight excluding hydrogens is 400 g/mol. The first kappa shape index (κ1) is 26.9. The van der Waals surface area contributed by atoms with Crippen molar-refractivity contribution in [1.82, 2.24) is 0 Å².